The van der Waals surface area contributed by atoms with Gasteiger partial charge in [-0.15, -0.1) is 5.10 Å². The molecule has 9 heteroatoms. The summed E-state index contributed by atoms with van der Waals surface area (Å²) in [7, 11) is 0. The van der Waals surface area contributed by atoms with Crippen molar-refractivity contribution in [2.24, 2.45) is 0 Å². The zero-order valence-electron chi connectivity index (χ0n) is 9.26. The van der Waals surface area contributed by atoms with Crippen molar-refractivity contribution in [3.8, 4) is 23.1 Å². The van der Waals surface area contributed by atoms with Gasteiger partial charge in [0, 0.05) is 11.6 Å². The van der Waals surface area contributed by atoms with Gasteiger partial charge in [-0.1, -0.05) is 5.16 Å². The number of hydrogen-bond donors (Lipinski definition) is 2. The molecule has 0 bridgehead atoms. The number of H-pyrrole nitrogens is 1. The summed E-state index contributed by atoms with van der Waals surface area (Å²) < 4.78 is 31.1. The number of aromatic nitrogens is 5. The SMILES string of the molecule is Nc1n[nH]c(-c2nc(-c3cc(F)cc(F)c3)no2)n1. The molecule has 3 aromatic rings. The molecule has 7 nitrogen and oxygen atoms in total. The minimum Gasteiger partial charge on any atom is -0.366 e. The Morgan fingerprint density at radius 1 is 1.11 bits per heavy atom. The molecule has 19 heavy (non-hydrogen) atoms. The van der Waals surface area contributed by atoms with Gasteiger partial charge in [-0.25, -0.2) is 8.78 Å². The molecule has 3 N–H and O–H groups in total. The maximum absolute atomic E-state index is 13.1. The maximum atomic E-state index is 13.1. The van der Waals surface area contributed by atoms with Crippen LogP contribution in [0.2, 0.25) is 0 Å². The molecule has 0 aliphatic carbocycles. The highest BCUT2D eigenvalue weighted by atomic mass is 19.1. The van der Waals surface area contributed by atoms with Gasteiger partial charge in [0.25, 0.3) is 5.89 Å². The van der Waals surface area contributed by atoms with E-state index in [9.17, 15) is 8.78 Å². The van der Waals surface area contributed by atoms with E-state index >= 15 is 0 Å². The van der Waals surface area contributed by atoms with Crippen LogP contribution in [0.5, 0.6) is 0 Å². The number of benzene rings is 1. The van der Waals surface area contributed by atoms with Crippen molar-refractivity contribution in [2.45, 2.75) is 0 Å². The predicted octanol–water partition coefficient (Wildman–Crippen LogP) is 1.38. The second-order valence-corrected chi connectivity index (χ2v) is 3.62. The van der Waals surface area contributed by atoms with E-state index in [2.05, 4.69) is 25.3 Å². The van der Waals surface area contributed by atoms with Crippen molar-refractivity contribution in [1.82, 2.24) is 25.3 Å². The minimum absolute atomic E-state index is 0.0175. The van der Waals surface area contributed by atoms with Crippen LogP contribution < -0.4 is 5.73 Å². The fourth-order valence-electron chi connectivity index (χ4n) is 1.49. The van der Waals surface area contributed by atoms with Gasteiger partial charge in [-0.3, -0.25) is 5.10 Å². The highest BCUT2D eigenvalue weighted by molar-refractivity contribution is 5.57. The van der Waals surface area contributed by atoms with Gasteiger partial charge in [0.15, 0.2) is 0 Å². The third-order valence-corrected chi connectivity index (χ3v) is 2.25. The summed E-state index contributed by atoms with van der Waals surface area (Å²) in [4.78, 5) is 7.74. The summed E-state index contributed by atoms with van der Waals surface area (Å²) in [6.45, 7) is 0. The van der Waals surface area contributed by atoms with Crippen molar-refractivity contribution in [1.29, 1.82) is 0 Å². The molecule has 0 unspecified atom stereocenters. The average Bonchev–Trinajstić information content (AvgIpc) is 2.95. The van der Waals surface area contributed by atoms with E-state index in [1.54, 1.807) is 0 Å². The maximum Gasteiger partial charge on any atom is 0.295 e. The Morgan fingerprint density at radius 3 is 2.47 bits per heavy atom. The molecule has 0 radical (unpaired) electrons. The zero-order valence-corrected chi connectivity index (χ0v) is 9.26. The number of anilines is 1. The van der Waals surface area contributed by atoms with Crippen molar-refractivity contribution >= 4 is 5.95 Å². The first kappa shape index (κ1) is 11.3. The highest BCUT2D eigenvalue weighted by Gasteiger charge is 2.15. The normalized spacial score (nSPS) is 10.8. The Bertz CT molecular complexity index is 717. The summed E-state index contributed by atoms with van der Waals surface area (Å²) in [6.07, 6.45) is 0. The van der Waals surface area contributed by atoms with E-state index in [-0.39, 0.29) is 29.1 Å². The third-order valence-electron chi connectivity index (χ3n) is 2.25. The zero-order chi connectivity index (χ0) is 13.4. The van der Waals surface area contributed by atoms with Crippen LogP contribution in [0.15, 0.2) is 22.7 Å². The number of aromatic amines is 1. The highest BCUT2D eigenvalue weighted by Crippen LogP contribution is 2.21. The van der Waals surface area contributed by atoms with E-state index in [4.69, 9.17) is 10.3 Å². The van der Waals surface area contributed by atoms with Crippen LogP contribution in [-0.2, 0) is 0 Å². The Labute approximate surface area is 104 Å². The minimum atomic E-state index is -0.731. The van der Waals surface area contributed by atoms with E-state index in [1.165, 1.54) is 0 Å². The molecular formula is C10H6F2N6O. The molecule has 3 rings (SSSR count). The summed E-state index contributed by atoms with van der Waals surface area (Å²) in [5.74, 6) is -1.22. The number of nitrogens with one attached hydrogen (secondary N) is 1. The molecule has 2 aromatic heterocycles. The first-order valence-corrected chi connectivity index (χ1v) is 5.10. The van der Waals surface area contributed by atoms with E-state index < -0.39 is 11.6 Å². The number of hydrogen-bond acceptors (Lipinski definition) is 6. The van der Waals surface area contributed by atoms with Crippen LogP contribution in [0, 0.1) is 11.6 Å². The van der Waals surface area contributed by atoms with Crippen LogP contribution in [0.3, 0.4) is 0 Å². The molecule has 0 atom stereocenters. The standard InChI is InChI=1S/C10H6F2N6O/c11-5-1-4(2-6(12)3-5)7-14-9(19-18-7)8-15-10(13)17-16-8/h1-3H,(H3,13,15,16,17). The van der Waals surface area contributed by atoms with Crippen LogP contribution in [0.4, 0.5) is 14.7 Å². The van der Waals surface area contributed by atoms with Gasteiger partial charge in [0.05, 0.1) is 0 Å². The van der Waals surface area contributed by atoms with Crippen molar-refractivity contribution in [3.63, 3.8) is 0 Å². The summed E-state index contributed by atoms with van der Waals surface area (Å²) in [5, 5.41) is 9.68. The van der Waals surface area contributed by atoms with Crippen molar-refractivity contribution in [3.05, 3.63) is 29.8 Å². The first-order chi connectivity index (χ1) is 9.11. The van der Waals surface area contributed by atoms with Crippen LogP contribution in [-0.4, -0.2) is 25.3 Å². The lowest BCUT2D eigenvalue weighted by Crippen LogP contribution is -1.87. The van der Waals surface area contributed by atoms with Gasteiger partial charge in [0.2, 0.25) is 17.6 Å². The smallest absolute Gasteiger partial charge is 0.295 e. The number of halogens is 2. The average molecular weight is 264 g/mol. The Kier molecular flexibility index (Phi) is 2.44. The molecule has 0 saturated carbocycles. The lowest BCUT2D eigenvalue weighted by Gasteiger charge is -1.95. The molecule has 0 fully saturated rings. The first-order valence-electron chi connectivity index (χ1n) is 5.10. The third kappa shape index (κ3) is 2.12. The predicted molar refractivity (Wildman–Crippen MR) is 59.4 cm³/mol. The molecule has 0 aliphatic heterocycles. The topological polar surface area (TPSA) is 107 Å². The molecule has 96 valence electrons. The Hall–Kier alpha value is -2.84. The molecule has 2 heterocycles. The Balaban J connectivity index is 2.01. The molecule has 0 saturated heterocycles. The molecular weight excluding hydrogens is 258 g/mol. The summed E-state index contributed by atoms with van der Waals surface area (Å²) in [6, 6.07) is 2.93. The molecule has 0 amide bonds. The van der Waals surface area contributed by atoms with Gasteiger partial charge in [-0.2, -0.15) is 9.97 Å². The summed E-state index contributed by atoms with van der Waals surface area (Å²) in [5.41, 5.74) is 5.48. The molecule has 0 spiro atoms. The lowest BCUT2D eigenvalue weighted by atomic mass is 10.2. The van der Waals surface area contributed by atoms with Crippen LogP contribution in [0.1, 0.15) is 0 Å². The summed E-state index contributed by atoms with van der Waals surface area (Å²) >= 11 is 0. The van der Waals surface area contributed by atoms with Gasteiger partial charge in [0.1, 0.15) is 11.6 Å². The van der Waals surface area contributed by atoms with Crippen LogP contribution >= 0.6 is 0 Å². The number of nitrogens with two attached hydrogens (primary N) is 1. The number of nitrogen functional groups attached to an aromatic ring is 1. The molecule has 1 aromatic carbocycles. The lowest BCUT2D eigenvalue weighted by molar-refractivity contribution is 0.429. The second kappa shape index (κ2) is 4.12. The number of rotatable bonds is 2. The molecule has 0 aliphatic rings. The fraction of sp³-hybridized carbons (Fsp3) is 0. The van der Waals surface area contributed by atoms with Gasteiger partial charge >= 0.3 is 0 Å². The van der Waals surface area contributed by atoms with Gasteiger partial charge in [-0.05, 0) is 12.1 Å². The number of nitrogens with zero attached hydrogens (tertiary/aromatic N) is 4. The van der Waals surface area contributed by atoms with Crippen molar-refractivity contribution in [2.75, 3.05) is 5.73 Å². The van der Waals surface area contributed by atoms with Gasteiger partial charge < -0.3 is 10.3 Å². The van der Waals surface area contributed by atoms with E-state index in [1.807, 2.05) is 0 Å². The van der Waals surface area contributed by atoms with Crippen molar-refractivity contribution < 1.29 is 13.3 Å². The quantitative estimate of drug-likeness (QED) is 0.724. The second-order valence-electron chi connectivity index (χ2n) is 3.62. The van der Waals surface area contributed by atoms with E-state index in [0.717, 1.165) is 18.2 Å². The monoisotopic (exact) mass is 264 g/mol. The fourth-order valence-corrected chi connectivity index (χ4v) is 1.49. The Morgan fingerprint density at radius 2 is 1.84 bits per heavy atom. The largest absolute Gasteiger partial charge is 0.366 e. The van der Waals surface area contributed by atoms with E-state index in [0.29, 0.717) is 0 Å². The van der Waals surface area contributed by atoms with Crippen LogP contribution in [0.25, 0.3) is 23.1 Å².